The van der Waals surface area contributed by atoms with E-state index in [0.29, 0.717) is 67.5 Å². The van der Waals surface area contributed by atoms with Gasteiger partial charge >= 0.3 is 14.9 Å². The number of fused-ring (bicyclic) bond motifs is 22. The maximum atomic E-state index is 18.0. The van der Waals surface area contributed by atoms with E-state index in [0.717, 1.165) is 98.7 Å². The normalized spacial score (nSPS) is 16.1. The fourth-order valence-corrected chi connectivity index (χ4v) is 21.5. The van der Waals surface area contributed by atoms with Gasteiger partial charge in [0.1, 0.15) is 0 Å². The Morgan fingerprint density at radius 1 is 0.274 bits per heavy atom. The number of benzene rings is 14. The molecule has 0 radical (unpaired) electrons. The van der Waals surface area contributed by atoms with Crippen molar-refractivity contribution in [1.82, 2.24) is 41.9 Å². The van der Waals surface area contributed by atoms with Gasteiger partial charge in [0.25, 0.3) is 0 Å². The van der Waals surface area contributed by atoms with Gasteiger partial charge in [-0.05, 0) is 163 Å². The first-order valence-corrected chi connectivity index (χ1v) is 34.9. The van der Waals surface area contributed by atoms with E-state index in [9.17, 15) is 0 Å². The molecular formula is C80H49N11O2P2. The van der Waals surface area contributed by atoms with Gasteiger partial charge in [-0.15, -0.1) is 0 Å². The fourth-order valence-electron chi connectivity index (χ4n) is 15.5. The summed E-state index contributed by atoms with van der Waals surface area (Å²) >= 11 is 0. The van der Waals surface area contributed by atoms with Crippen LogP contribution in [-0.4, -0.2) is 41.9 Å². The number of aromatic nitrogens is 9. The van der Waals surface area contributed by atoms with Gasteiger partial charge in [-0.25, -0.2) is 47.1 Å². The van der Waals surface area contributed by atoms with E-state index in [1.165, 1.54) is 5.39 Å². The number of para-hydroxylation sites is 6. The molecule has 0 spiro atoms. The Kier molecular flexibility index (Phi) is 10.6. The zero-order valence-corrected chi connectivity index (χ0v) is 52.2. The number of nitrogens with zero attached hydrogens (tertiary/aromatic N) is 11. The summed E-state index contributed by atoms with van der Waals surface area (Å²) in [6.45, 7) is 0. The van der Waals surface area contributed by atoms with Gasteiger partial charge in [-0.3, -0.25) is 9.13 Å². The van der Waals surface area contributed by atoms with Crippen molar-refractivity contribution >= 4 is 170 Å². The second-order valence-corrected chi connectivity index (χ2v) is 29.3. The van der Waals surface area contributed by atoms with Crippen LogP contribution in [0.2, 0.25) is 0 Å². The minimum absolute atomic E-state index is 0.464. The zero-order valence-electron chi connectivity index (χ0n) is 50.4. The van der Waals surface area contributed by atoms with E-state index in [4.69, 9.17) is 19.9 Å². The summed E-state index contributed by atoms with van der Waals surface area (Å²) in [5.41, 5.74) is 11.9. The molecule has 13 nitrogen and oxygen atoms in total. The first kappa shape index (κ1) is 52.5. The van der Waals surface area contributed by atoms with Crippen LogP contribution in [0.4, 0.5) is 35.2 Å². The molecule has 19 aromatic rings. The first-order chi connectivity index (χ1) is 46.9. The molecule has 0 bridgehead atoms. The molecule has 15 heteroatoms. The van der Waals surface area contributed by atoms with Crippen molar-refractivity contribution in [2.45, 2.75) is 0 Å². The molecule has 446 valence electrons. The van der Waals surface area contributed by atoms with Crippen molar-refractivity contribution in [1.29, 1.82) is 0 Å². The average Bonchev–Trinajstić information content (AvgIpc) is 1.57. The van der Waals surface area contributed by atoms with Gasteiger partial charge in [0.05, 0.1) is 77.2 Å². The Hall–Kier alpha value is -12.1. The fraction of sp³-hybridized carbons (Fsp3) is 0. The topological polar surface area (TPSA) is 117 Å². The average molecular weight is 1260 g/mol. The smallest absolute Gasteiger partial charge is 0.306 e. The van der Waals surface area contributed by atoms with Crippen LogP contribution in [-0.2, 0) is 9.13 Å². The Balaban J connectivity index is 0.816. The molecule has 2 atom stereocenters. The molecule has 95 heavy (non-hydrogen) atoms. The quantitative estimate of drug-likeness (QED) is 0.119. The van der Waals surface area contributed by atoms with E-state index < -0.39 is 14.9 Å². The van der Waals surface area contributed by atoms with Crippen molar-refractivity contribution in [3.8, 4) is 16.8 Å². The Morgan fingerprint density at radius 2 is 0.747 bits per heavy atom. The van der Waals surface area contributed by atoms with E-state index in [1.807, 2.05) is 133 Å². The van der Waals surface area contributed by atoms with Gasteiger partial charge in [0, 0.05) is 16.5 Å². The molecule has 2 unspecified atom stereocenters. The lowest BCUT2D eigenvalue weighted by Gasteiger charge is -2.36. The lowest BCUT2D eigenvalue weighted by atomic mass is 9.94. The third kappa shape index (κ3) is 7.01. The highest BCUT2D eigenvalue weighted by molar-refractivity contribution is 7.70. The van der Waals surface area contributed by atoms with Gasteiger partial charge in [0.2, 0.25) is 23.8 Å². The molecule has 14 aromatic carbocycles. The summed E-state index contributed by atoms with van der Waals surface area (Å²) in [5, 5.41) is 12.0. The first-order valence-electron chi connectivity index (χ1n) is 31.7. The largest absolute Gasteiger partial charge is 0.309 e. The lowest BCUT2D eigenvalue weighted by molar-refractivity contribution is 0.568. The molecule has 0 fully saturated rings. The molecule has 2 aliphatic rings. The molecule has 0 saturated heterocycles. The Morgan fingerprint density at radius 3 is 1.44 bits per heavy atom. The highest BCUT2D eigenvalue weighted by atomic mass is 31.2. The maximum absolute atomic E-state index is 18.0. The van der Waals surface area contributed by atoms with E-state index in [2.05, 4.69) is 196 Å². The van der Waals surface area contributed by atoms with Crippen molar-refractivity contribution in [3.63, 3.8) is 0 Å². The predicted octanol–water partition coefficient (Wildman–Crippen LogP) is 19.9. The lowest BCUT2D eigenvalue weighted by Crippen LogP contribution is -2.30. The van der Waals surface area contributed by atoms with Crippen LogP contribution in [0.15, 0.2) is 297 Å². The van der Waals surface area contributed by atoms with Crippen LogP contribution < -0.4 is 20.4 Å². The van der Waals surface area contributed by atoms with Gasteiger partial charge < -0.3 is 4.57 Å². The second kappa shape index (κ2) is 19.2. The summed E-state index contributed by atoms with van der Waals surface area (Å²) in [6.07, 6.45) is 0. The predicted molar refractivity (Wildman–Crippen MR) is 388 cm³/mol. The molecule has 5 aromatic heterocycles. The van der Waals surface area contributed by atoms with Gasteiger partial charge in [-0.1, -0.05) is 188 Å². The SMILES string of the molecule is O=P1(c2ccccc2)n2c(nc3ccccc32)N(c2cccc3c2c2ccccc2n3-c2ccccc2)c2nc3cc(-c4ccc5nc6n(c5c4)P(=O)(c4cccc5ccccc45)n4c(nc5ccccc54)N6c4ccc5c6ccccc6c6ccccc6c5c4)ccc3n21. The molecule has 21 rings (SSSR count). The number of hydrogen-bond donors (Lipinski definition) is 0. The van der Waals surface area contributed by atoms with Crippen molar-refractivity contribution in [2.75, 3.05) is 9.80 Å². The highest BCUT2D eigenvalue weighted by Crippen LogP contribution is 2.64. The zero-order chi connectivity index (χ0) is 62.4. The maximum Gasteiger partial charge on any atom is 0.306 e. The molecule has 2 aliphatic heterocycles. The molecule has 0 N–H and O–H groups in total. The van der Waals surface area contributed by atoms with Crippen LogP contribution in [0, 0.1) is 0 Å². The highest BCUT2D eigenvalue weighted by Gasteiger charge is 2.48. The third-order valence-corrected chi connectivity index (χ3v) is 25.3. The van der Waals surface area contributed by atoms with Crippen molar-refractivity contribution in [3.05, 3.63) is 297 Å². The summed E-state index contributed by atoms with van der Waals surface area (Å²) in [6, 6.07) is 102. The number of anilines is 6. The van der Waals surface area contributed by atoms with Crippen molar-refractivity contribution < 1.29 is 9.13 Å². The van der Waals surface area contributed by atoms with Crippen LogP contribution in [0.3, 0.4) is 0 Å². The van der Waals surface area contributed by atoms with Gasteiger partial charge in [0.15, 0.2) is 0 Å². The molecule has 0 aliphatic carbocycles. The minimum Gasteiger partial charge on any atom is -0.309 e. The van der Waals surface area contributed by atoms with E-state index in [1.54, 1.807) is 0 Å². The monoisotopic (exact) mass is 1260 g/mol. The Labute approximate surface area is 541 Å². The summed E-state index contributed by atoms with van der Waals surface area (Å²) in [7, 11) is -8.02. The number of hydrogen-bond acceptors (Lipinski definition) is 8. The number of rotatable bonds is 6. The van der Waals surface area contributed by atoms with E-state index >= 15 is 9.13 Å². The minimum atomic E-state index is -4.08. The van der Waals surface area contributed by atoms with Crippen LogP contribution in [0.1, 0.15) is 0 Å². The van der Waals surface area contributed by atoms with Crippen molar-refractivity contribution in [2.24, 2.45) is 0 Å². The third-order valence-electron chi connectivity index (χ3n) is 19.6. The van der Waals surface area contributed by atoms with Crippen LogP contribution >= 0.6 is 14.9 Å². The molecule has 7 heterocycles. The molecular weight excluding hydrogens is 1210 g/mol. The summed E-state index contributed by atoms with van der Waals surface area (Å²) in [4.78, 5) is 26.3. The van der Waals surface area contributed by atoms with E-state index in [-0.39, 0.29) is 0 Å². The standard InChI is InChI=1S/C80H49N11O2P2/c92-94(55-25-5-2-6-26-55)88-69-36-17-14-33-64(69)82-79(88)87(73-39-20-38-72-76(73)62-32-13-16-35-68(62)85(72)53-23-3-1-4-24-53)80-84-67-47-51(42-46-71(67)89(80)94)52-41-45-66-74(48-52)91-78(83-66)86(54-43-44-61-59-30-10-9-28-57(59)58-29-11-12-31-60(58)63(61)49-54)77-81-65-34-15-18-37-70(65)90(77)95(91,93)75-40-19-22-50-21-7-8-27-56(50)75/h1-49H. The van der Waals surface area contributed by atoms with Crippen LogP contribution in [0.25, 0.3) is 126 Å². The summed E-state index contributed by atoms with van der Waals surface area (Å²) < 4.78 is 45.5. The van der Waals surface area contributed by atoms with Crippen LogP contribution in [0.5, 0.6) is 0 Å². The van der Waals surface area contributed by atoms with Gasteiger partial charge in [-0.2, -0.15) is 0 Å². The second-order valence-electron chi connectivity index (χ2n) is 24.6. The number of imidazole rings is 4. The Bertz CT molecular complexity index is 6620. The summed E-state index contributed by atoms with van der Waals surface area (Å²) in [5.74, 6) is 1.93. The molecule has 0 amide bonds. The molecule has 0 saturated carbocycles.